The molecule has 2 unspecified atom stereocenters. The molecule has 0 saturated heterocycles. The fraction of sp³-hybridized carbons (Fsp3) is 0.700. The van der Waals surface area contributed by atoms with Crippen molar-refractivity contribution >= 4 is 0 Å². The highest BCUT2D eigenvalue weighted by Crippen LogP contribution is 2.40. The van der Waals surface area contributed by atoms with E-state index in [0.717, 1.165) is 18.6 Å². The fourth-order valence-corrected chi connectivity index (χ4v) is 2.85. The Bertz CT molecular complexity index is 414. The van der Waals surface area contributed by atoms with Crippen LogP contribution in [-0.2, 0) is 4.74 Å². The Balaban J connectivity index is 2.85. The van der Waals surface area contributed by atoms with Crippen molar-refractivity contribution in [2.24, 2.45) is 11.3 Å². The summed E-state index contributed by atoms with van der Waals surface area (Å²) in [6.45, 7) is 13.7. The third kappa shape index (κ3) is 6.00. The van der Waals surface area contributed by atoms with Crippen molar-refractivity contribution in [3.63, 3.8) is 0 Å². The first-order chi connectivity index (χ1) is 10.3. The van der Waals surface area contributed by atoms with Crippen LogP contribution in [0.15, 0.2) is 24.3 Å². The maximum absolute atomic E-state index is 5.88. The molecule has 0 radical (unpaired) electrons. The first-order valence-electron chi connectivity index (χ1n) is 8.57. The molecule has 126 valence electrons. The molecule has 2 heteroatoms. The van der Waals surface area contributed by atoms with E-state index in [4.69, 9.17) is 9.47 Å². The fourth-order valence-electron chi connectivity index (χ4n) is 2.85. The first kappa shape index (κ1) is 19.0. The molecule has 0 N–H and O–H groups in total. The van der Waals surface area contributed by atoms with Crippen molar-refractivity contribution in [2.75, 3.05) is 7.11 Å². The molecule has 2 atom stereocenters. The zero-order valence-electron chi connectivity index (χ0n) is 15.5. The number of hydrogen-bond donors (Lipinski definition) is 0. The molecule has 0 bridgehead atoms. The van der Waals surface area contributed by atoms with Gasteiger partial charge in [-0.1, -0.05) is 60.1 Å². The van der Waals surface area contributed by atoms with Crippen LogP contribution in [0.3, 0.4) is 0 Å². The number of rotatable bonds is 8. The van der Waals surface area contributed by atoms with Crippen LogP contribution in [0.25, 0.3) is 0 Å². The van der Waals surface area contributed by atoms with E-state index in [1.54, 1.807) is 7.11 Å². The lowest BCUT2D eigenvalue weighted by atomic mass is 9.72. The minimum atomic E-state index is -0.148. The van der Waals surface area contributed by atoms with Crippen LogP contribution in [0.5, 0.6) is 5.75 Å². The van der Waals surface area contributed by atoms with Crippen LogP contribution in [0.4, 0.5) is 0 Å². The largest absolute Gasteiger partial charge is 0.465 e. The molecule has 0 fully saturated rings. The van der Waals surface area contributed by atoms with Gasteiger partial charge >= 0.3 is 0 Å². The molecule has 0 aliphatic carbocycles. The van der Waals surface area contributed by atoms with E-state index < -0.39 is 0 Å². The van der Waals surface area contributed by atoms with Crippen molar-refractivity contribution < 1.29 is 9.47 Å². The van der Waals surface area contributed by atoms with E-state index in [0.29, 0.717) is 11.8 Å². The maximum atomic E-state index is 5.88. The van der Waals surface area contributed by atoms with E-state index in [9.17, 15) is 0 Å². The molecular weight excluding hydrogens is 272 g/mol. The third-order valence-electron chi connectivity index (χ3n) is 4.09. The number of methoxy groups -OCH3 is 1. The van der Waals surface area contributed by atoms with Gasteiger partial charge in [-0.15, -0.1) is 0 Å². The van der Waals surface area contributed by atoms with Crippen molar-refractivity contribution in [2.45, 2.75) is 73.0 Å². The van der Waals surface area contributed by atoms with Gasteiger partial charge in [-0.3, -0.25) is 0 Å². The van der Waals surface area contributed by atoms with E-state index >= 15 is 0 Å². The van der Waals surface area contributed by atoms with E-state index in [1.807, 2.05) is 0 Å². The Hall–Kier alpha value is -1.02. The van der Waals surface area contributed by atoms with Crippen LogP contribution in [0, 0.1) is 11.3 Å². The maximum Gasteiger partial charge on any atom is 0.199 e. The lowest BCUT2D eigenvalue weighted by Gasteiger charge is -2.32. The molecule has 0 heterocycles. The molecule has 1 aromatic carbocycles. The Kier molecular flexibility index (Phi) is 7.41. The SMILES string of the molecule is CCCC(OC)Oc1ccc(C(CC(C)C)C(C)(C)C)cc1. The summed E-state index contributed by atoms with van der Waals surface area (Å²) in [4.78, 5) is 0. The summed E-state index contributed by atoms with van der Waals surface area (Å²) in [5.41, 5.74) is 1.67. The standard InChI is InChI=1S/C20H34O2/c1-8-9-19(21-7)22-17-12-10-16(11-13-17)18(14-15(2)3)20(4,5)6/h10-13,15,18-19H,8-9,14H2,1-7H3. The molecule has 2 nitrogen and oxygen atoms in total. The molecule has 0 amide bonds. The van der Waals surface area contributed by atoms with Crippen LogP contribution in [0.2, 0.25) is 0 Å². The van der Waals surface area contributed by atoms with Gasteiger partial charge in [-0.05, 0) is 41.4 Å². The summed E-state index contributed by atoms with van der Waals surface area (Å²) in [7, 11) is 1.70. The zero-order valence-corrected chi connectivity index (χ0v) is 15.5. The Morgan fingerprint density at radius 3 is 2.05 bits per heavy atom. The highest BCUT2D eigenvalue weighted by molar-refractivity contribution is 5.30. The zero-order chi connectivity index (χ0) is 16.8. The van der Waals surface area contributed by atoms with Gasteiger partial charge in [0, 0.05) is 13.5 Å². The lowest BCUT2D eigenvalue weighted by molar-refractivity contribution is -0.0584. The number of benzene rings is 1. The van der Waals surface area contributed by atoms with Crippen molar-refractivity contribution in [1.82, 2.24) is 0 Å². The minimum Gasteiger partial charge on any atom is -0.465 e. The lowest BCUT2D eigenvalue weighted by Crippen LogP contribution is -2.20. The van der Waals surface area contributed by atoms with Crippen LogP contribution in [0.1, 0.15) is 72.3 Å². The van der Waals surface area contributed by atoms with E-state index in [2.05, 4.69) is 65.8 Å². The van der Waals surface area contributed by atoms with Crippen molar-refractivity contribution in [3.8, 4) is 5.75 Å². The number of ether oxygens (including phenoxy) is 2. The second kappa shape index (κ2) is 8.57. The Morgan fingerprint density at radius 2 is 1.64 bits per heavy atom. The second-order valence-electron chi connectivity index (χ2n) is 7.69. The quantitative estimate of drug-likeness (QED) is 0.547. The van der Waals surface area contributed by atoms with Gasteiger partial charge < -0.3 is 9.47 Å². The summed E-state index contributed by atoms with van der Waals surface area (Å²) >= 11 is 0. The Morgan fingerprint density at radius 1 is 1.05 bits per heavy atom. The molecule has 0 saturated carbocycles. The van der Waals surface area contributed by atoms with Gasteiger partial charge in [0.05, 0.1) is 0 Å². The minimum absolute atomic E-state index is 0.148. The molecule has 22 heavy (non-hydrogen) atoms. The van der Waals surface area contributed by atoms with Gasteiger partial charge in [0.25, 0.3) is 0 Å². The number of hydrogen-bond acceptors (Lipinski definition) is 2. The van der Waals surface area contributed by atoms with Crippen LogP contribution < -0.4 is 4.74 Å². The molecule has 0 aliphatic rings. The summed E-state index contributed by atoms with van der Waals surface area (Å²) in [5, 5.41) is 0. The van der Waals surface area contributed by atoms with Gasteiger partial charge in [-0.2, -0.15) is 0 Å². The van der Waals surface area contributed by atoms with E-state index in [-0.39, 0.29) is 11.7 Å². The van der Waals surface area contributed by atoms with E-state index in [1.165, 1.54) is 12.0 Å². The van der Waals surface area contributed by atoms with Gasteiger partial charge in [0.15, 0.2) is 6.29 Å². The molecule has 0 spiro atoms. The van der Waals surface area contributed by atoms with Gasteiger partial charge in [0.1, 0.15) is 5.75 Å². The summed E-state index contributed by atoms with van der Waals surface area (Å²) in [5.74, 6) is 2.15. The predicted molar refractivity (Wildman–Crippen MR) is 94.4 cm³/mol. The highest BCUT2D eigenvalue weighted by atomic mass is 16.7. The summed E-state index contributed by atoms with van der Waals surface area (Å²) in [6.07, 6.45) is 3.03. The smallest absolute Gasteiger partial charge is 0.199 e. The Labute approximate surface area is 137 Å². The normalized spacial score (nSPS) is 14.9. The van der Waals surface area contributed by atoms with Crippen molar-refractivity contribution in [1.29, 1.82) is 0 Å². The van der Waals surface area contributed by atoms with Crippen LogP contribution >= 0.6 is 0 Å². The highest BCUT2D eigenvalue weighted by Gasteiger charge is 2.26. The third-order valence-corrected chi connectivity index (χ3v) is 4.09. The molecule has 1 rings (SSSR count). The first-order valence-corrected chi connectivity index (χ1v) is 8.57. The topological polar surface area (TPSA) is 18.5 Å². The van der Waals surface area contributed by atoms with Crippen LogP contribution in [-0.4, -0.2) is 13.4 Å². The summed E-state index contributed by atoms with van der Waals surface area (Å²) in [6, 6.07) is 8.59. The average Bonchev–Trinajstić information content (AvgIpc) is 2.44. The average molecular weight is 306 g/mol. The molecule has 0 aromatic heterocycles. The van der Waals surface area contributed by atoms with Gasteiger partial charge in [-0.25, -0.2) is 0 Å². The van der Waals surface area contributed by atoms with Gasteiger partial charge in [0.2, 0.25) is 0 Å². The van der Waals surface area contributed by atoms with Crippen molar-refractivity contribution in [3.05, 3.63) is 29.8 Å². The summed E-state index contributed by atoms with van der Waals surface area (Å²) < 4.78 is 11.2. The molecule has 0 aliphatic heterocycles. The molecule has 1 aromatic rings. The second-order valence-corrected chi connectivity index (χ2v) is 7.69. The molecular formula is C20H34O2. The monoisotopic (exact) mass is 306 g/mol. The predicted octanol–water partition coefficient (Wildman–Crippen LogP) is 6.01.